The van der Waals surface area contributed by atoms with Gasteiger partial charge in [0.1, 0.15) is 0 Å². The van der Waals surface area contributed by atoms with Crippen molar-refractivity contribution in [2.75, 3.05) is 13.1 Å². The summed E-state index contributed by atoms with van der Waals surface area (Å²) < 4.78 is 0. The van der Waals surface area contributed by atoms with Gasteiger partial charge in [-0.15, -0.1) is 0 Å². The van der Waals surface area contributed by atoms with Gasteiger partial charge < -0.3 is 20.8 Å². The van der Waals surface area contributed by atoms with Crippen molar-refractivity contribution in [2.45, 2.75) is 45.8 Å². The number of carboxylic acid groups (broad SMARTS) is 1. The van der Waals surface area contributed by atoms with Crippen molar-refractivity contribution in [1.29, 1.82) is 0 Å². The Morgan fingerprint density at radius 2 is 2.05 bits per heavy atom. The number of hydrogen-bond acceptors (Lipinski definition) is 4. The van der Waals surface area contributed by atoms with Crippen LogP contribution >= 0.6 is 0 Å². The van der Waals surface area contributed by atoms with Gasteiger partial charge in [-0.05, 0) is 18.3 Å². The molecule has 0 saturated carbocycles. The fraction of sp³-hybridized carbons (Fsp3) is 0.846. The third-order valence-electron chi connectivity index (χ3n) is 3.15. The maximum Gasteiger partial charge on any atom is 0.308 e. The van der Waals surface area contributed by atoms with Gasteiger partial charge in [-0.3, -0.25) is 9.59 Å². The molecule has 6 heteroatoms. The van der Waals surface area contributed by atoms with E-state index in [9.17, 15) is 14.7 Å². The number of aliphatic carboxylic acids is 1. The zero-order valence-electron chi connectivity index (χ0n) is 11.8. The topological polar surface area (TPSA) is 98.7 Å². The zero-order chi connectivity index (χ0) is 14.6. The Morgan fingerprint density at radius 3 is 2.47 bits per heavy atom. The van der Waals surface area contributed by atoms with Crippen LogP contribution in [0.3, 0.4) is 0 Å². The Hall–Kier alpha value is -1.14. The molecular weight excluding hydrogens is 248 g/mol. The van der Waals surface area contributed by atoms with E-state index >= 15 is 0 Å². The van der Waals surface area contributed by atoms with Gasteiger partial charge in [0.2, 0.25) is 5.91 Å². The Bertz CT molecular complexity index is 338. The number of aliphatic hydroxyl groups excluding tert-OH is 1. The van der Waals surface area contributed by atoms with E-state index in [0.29, 0.717) is 19.4 Å². The lowest BCUT2D eigenvalue weighted by Crippen LogP contribution is -2.43. The minimum atomic E-state index is -0.894. The summed E-state index contributed by atoms with van der Waals surface area (Å²) in [6.45, 7) is 6.45. The number of carbonyl (C=O) groups is 2. The summed E-state index contributed by atoms with van der Waals surface area (Å²) in [5, 5.41) is 24.0. The molecule has 19 heavy (non-hydrogen) atoms. The number of carbonyl (C=O) groups excluding carboxylic acids is 1. The monoisotopic (exact) mass is 272 g/mol. The number of rotatable bonds is 5. The van der Waals surface area contributed by atoms with Crippen molar-refractivity contribution >= 4 is 11.9 Å². The first-order chi connectivity index (χ1) is 8.69. The summed E-state index contributed by atoms with van der Waals surface area (Å²) in [6.07, 6.45) is 0.382. The van der Waals surface area contributed by atoms with Crippen molar-refractivity contribution in [3.05, 3.63) is 0 Å². The molecule has 1 saturated heterocycles. The number of nitrogens with one attached hydrogen (secondary N) is 2. The van der Waals surface area contributed by atoms with E-state index in [-0.39, 0.29) is 17.9 Å². The standard InChI is InChI=1S/C13H24N2O4/c1-13(2,3)5-8(12(18)19)6-15-11(17)10-4-9(16)7-14-10/h8-10,14,16H,4-7H2,1-3H3,(H,15,17)(H,18,19). The van der Waals surface area contributed by atoms with Gasteiger partial charge in [0.15, 0.2) is 0 Å². The average molecular weight is 272 g/mol. The Kier molecular flexibility index (Phi) is 5.31. The van der Waals surface area contributed by atoms with Crippen LogP contribution in [0.5, 0.6) is 0 Å². The summed E-state index contributed by atoms with van der Waals surface area (Å²) >= 11 is 0. The lowest BCUT2D eigenvalue weighted by molar-refractivity contribution is -0.142. The summed E-state index contributed by atoms with van der Waals surface area (Å²) in [5.74, 6) is -1.72. The number of hydrogen-bond donors (Lipinski definition) is 4. The quantitative estimate of drug-likeness (QED) is 0.563. The molecule has 0 spiro atoms. The molecule has 1 amide bonds. The van der Waals surface area contributed by atoms with Crippen LogP contribution < -0.4 is 10.6 Å². The summed E-state index contributed by atoms with van der Waals surface area (Å²) in [5.41, 5.74) is -0.102. The summed E-state index contributed by atoms with van der Waals surface area (Å²) in [7, 11) is 0. The second kappa shape index (κ2) is 6.34. The smallest absolute Gasteiger partial charge is 0.308 e. The first-order valence-electron chi connectivity index (χ1n) is 6.61. The minimum absolute atomic E-state index is 0.102. The molecule has 1 aliphatic heterocycles. The van der Waals surface area contributed by atoms with Crippen LogP contribution in [-0.2, 0) is 9.59 Å². The van der Waals surface area contributed by atoms with E-state index in [1.165, 1.54) is 0 Å². The van der Waals surface area contributed by atoms with Crippen LogP contribution in [0.25, 0.3) is 0 Å². The Balaban J connectivity index is 2.43. The van der Waals surface area contributed by atoms with Crippen molar-refractivity contribution in [3.63, 3.8) is 0 Å². The molecule has 6 nitrogen and oxygen atoms in total. The van der Waals surface area contributed by atoms with Gasteiger partial charge >= 0.3 is 5.97 Å². The van der Waals surface area contributed by atoms with Crippen molar-refractivity contribution < 1.29 is 19.8 Å². The van der Waals surface area contributed by atoms with Crippen LogP contribution in [0.15, 0.2) is 0 Å². The van der Waals surface area contributed by atoms with E-state index in [1.54, 1.807) is 0 Å². The molecule has 0 aromatic heterocycles. The lowest BCUT2D eigenvalue weighted by Gasteiger charge is -2.24. The molecule has 1 aliphatic rings. The second-order valence-electron chi connectivity index (χ2n) is 6.40. The number of carboxylic acids is 1. The van der Waals surface area contributed by atoms with Crippen LogP contribution in [0, 0.1) is 11.3 Å². The molecular formula is C13H24N2O4. The molecule has 110 valence electrons. The highest BCUT2D eigenvalue weighted by Crippen LogP contribution is 2.24. The van der Waals surface area contributed by atoms with Crippen molar-refractivity contribution in [3.8, 4) is 0 Å². The first-order valence-corrected chi connectivity index (χ1v) is 6.61. The molecule has 3 atom stereocenters. The molecule has 1 rings (SSSR count). The maximum absolute atomic E-state index is 11.8. The van der Waals surface area contributed by atoms with Gasteiger partial charge in [-0.2, -0.15) is 0 Å². The summed E-state index contributed by atoms with van der Waals surface area (Å²) in [6, 6.07) is -0.418. The highest BCUT2D eigenvalue weighted by molar-refractivity contribution is 5.82. The highest BCUT2D eigenvalue weighted by Gasteiger charge is 2.30. The molecule has 0 aliphatic carbocycles. The SMILES string of the molecule is CC(C)(C)CC(CNC(=O)C1CC(O)CN1)C(=O)O. The predicted octanol–water partition coefficient (Wildman–Crippen LogP) is -0.0376. The molecule has 1 fully saturated rings. The van der Waals surface area contributed by atoms with Gasteiger partial charge in [0.25, 0.3) is 0 Å². The zero-order valence-corrected chi connectivity index (χ0v) is 11.8. The number of amides is 1. The van der Waals surface area contributed by atoms with E-state index in [4.69, 9.17) is 5.11 Å². The Labute approximate surface area is 113 Å². The third-order valence-corrected chi connectivity index (χ3v) is 3.15. The number of aliphatic hydroxyl groups is 1. The molecule has 0 aromatic rings. The number of β-amino-alcohol motifs (C(OH)–C–C–N with tert-alkyl or cyclic N) is 1. The Morgan fingerprint density at radius 1 is 1.42 bits per heavy atom. The first kappa shape index (κ1) is 15.9. The molecule has 0 aromatic carbocycles. The largest absolute Gasteiger partial charge is 0.481 e. The third kappa shape index (κ3) is 5.57. The van der Waals surface area contributed by atoms with Crippen molar-refractivity contribution in [1.82, 2.24) is 10.6 Å². The van der Waals surface area contributed by atoms with E-state index in [2.05, 4.69) is 10.6 Å². The second-order valence-corrected chi connectivity index (χ2v) is 6.40. The van der Waals surface area contributed by atoms with E-state index in [0.717, 1.165) is 0 Å². The minimum Gasteiger partial charge on any atom is -0.481 e. The average Bonchev–Trinajstić information content (AvgIpc) is 2.68. The summed E-state index contributed by atoms with van der Waals surface area (Å²) in [4.78, 5) is 23.0. The van der Waals surface area contributed by atoms with Crippen molar-refractivity contribution in [2.24, 2.45) is 11.3 Å². The van der Waals surface area contributed by atoms with Crippen LogP contribution in [-0.4, -0.2) is 47.3 Å². The van der Waals surface area contributed by atoms with Crippen LogP contribution in [0.4, 0.5) is 0 Å². The molecule has 0 bridgehead atoms. The lowest BCUT2D eigenvalue weighted by atomic mass is 9.84. The fourth-order valence-electron chi connectivity index (χ4n) is 2.25. The van der Waals surface area contributed by atoms with Crippen LogP contribution in [0.1, 0.15) is 33.6 Å². The van der Waals surface area contributed by atoms with Crippen LogP contribution in [0.2, 0.25) is 0 Å². The molecule has 0 radical (unpaired) electrons. The fourth-order valence-corrected chi connectivity index (χ4v) is 2.25. The van der Waals surface area contributed by atoms with E-state index < -0.39 is 24.0 Å². The predicted molar refractivity (Wildman–Crippen MR) is 70.6 cm³/mol. The maximum atomic E-state index is 11.8. The van der Waals surface area contributed by atoms with Gasteiger partial charge in [-0.25, -0.2) is 0 Å². The van der Waals surface area contributed by atoms with Gasteiger partial charge in [-0.1, -0.05) is 20.8 Å². The molecule has 1 heterocycles. The molecule has 3 unspecified atom stereocenters. The van der Waals surface area contributed by atoms with Gasteiger partial charge in [0.05, 0.1) is 18.1 Å². The van der Waals surface area contributed by atoms with Gasteiger partial charge in [0, 0.05) is 13.1 Å². The highest BCUT2D eigenvalue weighted by atomic mass is 16.4. The normalized spacial score (nSPS) is 25.1. The molecule has 4 N–H and O–H groups in total. The van der Waals surface area contributed by atoms with E-state index in [1.807, 2.05) is 20.8 Å².